The zero-order chi connectivity index (χ0) is 10.5. The number of rotatable bonds is 4. The molecule has 0 saturated carbocycles. The fraction of sp³-hybridized carbons (Fsp3) is 1.00. The minimum atomic E-state index is 0.523. The molecule has 2 fully saturated rings. The SMILES string of the molecule is CCCC1CC(NC2CCSC2)CCO1. The van der Waals surface area contributed by atoms with Crippen molar-refractivity contribution < 1.29 is 4.74 Å². The van der Waals surface area contributed by atoms with E-state index in [-0.39, 0.29) is 0 Å². The summed E-state index contributed by atoms with van der Waals surface area (Å²) in [5, 5.41) is 3.81. The Bertz CT molecular complexity index is 180. The quantitative estimate of drug-likeness (QED) is 0.800. The molecule has 0 aromatic carbocycles. The molecule has 2 rings (SSSR count). The van der Waals surface area contributed by atoms with Crippen LogP contribution in [0.25, 0.3) is 0 Å². The summed E-state index contributed by atoms with van der Waals surface area (Å²) in [6.07, 6.45) is 6.81. The Hall–Kier alpha value is 0.270. The molecule has 2 nitrogen and oxygen atoms in total. The van der Waals surface area contributed by atoms with Crippen LogP contribution in [0.15, 0.2) is 0 Å². The van der Waals surface area contributed by atoms with E-state index in [9.17, 15) is 0 Å². The second-order valence-corrected chi connectivity index (χ2v) is 5.88. The van der Waals surface area contributed by atoms with Crippen molar-refractivity contribution in [2.75, 3.05) is 18.1 Å². The Morgan fingerprint density at radius 2 is 2.27 bits per heavy atom. The molecule has 2 saturated heterocycles. The van der Waals surface area contributed by atoms with Crippen LogP contribution in [0.3, 0.4) is 0 Å². The molecule has 0 aromatic rings. The Labute approximate surface area is 97.5 Å². The van der Waals surface area contributed by atoms with Gasteiger partial charge in [0.2, 0.25) is 0 Å². The summed E-state index contributed by atoms with van der Waals surface area (Å²) in [7, 11) is 0. The van der Waals surface area contributed by atoms with Gasteiger partial charge in [0.1, 0.15) is 0 Å². The van der Waals surface area contributed by atoms with Crippen LogP contribution in [0, 0.1) is 0 Å². The smallest absolute Gasteiger partial charge is 0.0589 e. The molecule has 0 bridgehead atoms. The maximum Gasteiger partial charge on any atom is 0.0589 e. The first-order chi connectivity index (χ1) is 7.38. The molecular weight excluding hydrogens is 206 g/mol. The number of hydrogen-bond acceptors (Lipinski definition) is 3. The lowest BCUT2D eigenvalue weighted by Gasteiger charge is -2.31. The Kier molecular flexibility index (Phi) is 4.79. The number of nitrogens with one attached hydrogen (secondary N) is 1. The van der Waals surface area contributed by atoms with Crippen LogP contribution >= 0.6 is 11.8 Å². The van der Waals surface area contributed by atoms with Crippen molar-refractivity contribution in [3.63, 3.8) is 0 Å². The average Bonchev–Trinajstić information content (AvgIpc) is 2.71. The van der Waals surface area contributed by atoms with Crippen molar-refractivity contribution in [1.82, 2.24) is 5.32 Å². The minimum absolute atomic E-state index is 0.523. The summed E-state index contributed by atoms with van der Waals surface area (Å²) in [6, 6.07) is 1.50. The van der Waals surface area contributed by atoms with Gasteiger partial charge in [0.05, 0.1) is 6.10 Å². The van der Waals surface area contributed by atoms with E-state index in [2.05, 4.69) is 24.0 Å². The van der Waals surface area contributed by atoms with Gasteiger partial charge in [0, 0.05) is 24.4 Å². The van der Waals surface area contributed by atoms with E-state index in [1.165, 1.54) is 43.6 Å². The summed E-state index contributed by atoms with van der Waals surface area (Å²) < 4.78 is 5.77. The topological polar surface area (TPSA) is 21.3 Å². The van der Waals surface area contributed by atoms with E-state index < -0.39 is 0 Å². The van der Waals surface area contributed by atoms with E-state index >= 15 is 0 Å². The Morgan fingerprint density at radius 1 is 1.33 bits per heavy atom. The van der Waals surface area contributed by atoms with Crippen LogP contribution in [-0.4, -0.2) is 36.3 Å². The molecule has 0 radical (unpaired) electrons. The van der Waals surface area contributed by atoms with Crippen LogP contribution in [0.2, 0.25) is 0 Å². The largest absolute Gasteiger partial charge is 0.378 e. The zero-order valence-corrected chi connectivity index (χ0v) is 10.5. The fourth-order valence-corrected chi connectivity index (χ4v) is 3.72. The highest BCUT2D eigenvalue weighted by atomic mass is 32.2. The normalized spacial score (nSPS) is 37.0. The molecule has 0 amide bonds. The van der Waals surface area contributed by atoms with E-state index in [0.717, 1.165) is 18.7 Å². The van der Waals surface area contributed by atoms with Gasteiger partial charge in [-0.3, -0.25) is 0 Å². The van der Waals surface area contributed by atoms with Crippen LogP contribution in [0.4, 0.5) is 0 Å². The molecule has 0 aromatic heterocycles. The molecule has 2 aliphatic rings. The first kappa shape index (κ1) is 11.7. The van der Waals surface area contributed by atoms with Crippen molar-refractivity contribution >= 4 is 11.8 Å². The molecule has 3 heteroatoms. The van der Waals surface area contributed by atoms with Crippen LogP contribution in [0.5, 0.6) is 0 Å². The van der Waals surface area contributed by atoms with Gasteiger partial charge in [-0.2, -0.15) is 11.8 Å². The lowest BCUT2D eigenvalue weighted by Crippen LogP contribution is -2.44. The van der Waals surface area contributed by atoms with Crippen molar-refractivity contribution in [2.45, 2.75) is 57.2 Å². The second-order valence-electron chi connectivity index (χ2n) is 4.73. The predicted molar refractivity (Wildman–Crippen MR) is 66.5 cm³/mol. The van der Waals surface area contributed by atoms with E-state index in [0.29, 0.717) is 6.10 Å². The maximum atomic E-state index is 5.77. The van der Waals surface area contributed by atoms with E-state index in [1.54, 1.807) is 0 Å². The van der Waals surface area contributed by atoms with Gasteiger partial charge in [-0.05, 0) is 31.4 Å². The summed E-state index contributed by atoms with van der Waals surface area (Å²) in [6.45, 7) is 3.20. The van der Waals surface area contributed by atoms with Crippen LogP contribution < -0.4 is 5.32 Å². The highest BCUT2D eigenvalue weighted by Crippen LogP contribution is 2.22. The van der Waals surface area contributed by atoms with E-state index in [4.69, 9.17) is 4.74 Å². The van der Waals surface area contributed by atoms with Crippen LogP contribution in [-0.2, 0) is 4.74 Å². The molecule has 0 aliphatic carbocycles. The molecule has 2 aliphatic heterocycles. The first-order valence-electron chi connectivity index (χ1n) is 6.34. The highest BCUT2D eigenvalue weighted by Gasteiger charge is 2.25. The second kappa shape index (κ2) is 6.12. The van der Waals surface area contributed by atoms with Crippen molar-refractivity contribution in [3.8, 4) is 0 Å². The standard InChI is InChI=1S/C12H23NOS/c1-2-3-12-8-10(4-6-14-12)13-11-5-7-15-9-11/h10-13H,2-9H2,1H3. The zero-order valence-electron chi connectivity index (χ0n) is 9.71. The lowest BCUT2D eigenvalue weighted by atomic mass is 9.99. The summed E-state index contributed by atoms with van der Waals surface area (Å²) in [4.78, 5) is 0. The molecule has 2 heterocycles. The van der Waals surface area contributed by atoms with Gasteiger partial charge >= 0.3 is 0 Å². The van der Waals surface area contributed by atoms with Crippen molar-refractivity contribution in [3.05, 3.63) is 0 Å². The first-order valence-corrected chi connectivity index (χ1v) is 7.49. The molecule has 3 unspecified atom stereocenters. The average molecular weight is 229 g/mol. The molecule has 0 spiro atoms. The molecule has 15 heavy (non-hydrogen) atoms. The van der Waals surface area contributed by atoms with Crippen molar-refractivity contribution in [2.24, 2.45) is 0 Å². The summed E-state index contributed by atoms with van der Waals surface area (Å²) in [5.41, 5.74) is 0. The third-order valence-corrected chi connectivity index (χ3v) is 4.54. The Balaban J connectivity index is 1.71. The Morgan fingerprint density at radius 3 is 3.00 bits per heavy atom. The number of ether oxygens (including phenoxy) is 1. The highest BCUT2D eigenvalue weighted by molar-refractivity contribution is 7.99. The summed E-state index contributed by atoms with van der Waals surface area (Å²) >= 11 is 2.09. The number of hydrogen-bond donors (Lipinski definition) is 1. The maximum absolute atomic E-state index is 5.77. The number of thioether (sulfide) groups is 1. The predicted octanol–water partition coefficient (Wildman–Crippen LogP) is 2.43. The third kappa shape index (κ3) is 3.65. The molecule has 3 atom stereocenters. The third-order valence-electron chi connectivity index (χ3n) is 3.38. The minimum Gasteiger partial charge on any atom is -0.378 e. The summed E-state index contributed by atoms with van der Waals surface area (Å²) in [5.74, 6) is 2.66. The van der Waals surface area contributed by atoms with Gasteiger partial charge in [0.25, 0.3) is 0 Å². The van der Waals surface area contributed by atoms with Gasteiger partial charge < -0.3 is 10.1 Å². The van der Waals surface area contributed by atoms with Gasteiger partial charge in [-0.25, -0.2) is 0 Å². The van der Waals surface area contributed by atoms with Crippen LogP contribution in [0.1, 0.15) is 39.0 Å². The molecular formula is C12H23NOS. The van der Waals surface area contributed by atoms with Gasteiger partial charge in [-0.1, -0.05) is 13.3 Å². The van der Waals surface area contributed by atoms with Gasteiger partial charge in [-0.15, -0.1) is 0 Å². The fourth-order valence-electron chi connectivity index (χ4n) is 2.55. The molecule has 88 valence electrons. The van der Waals surface area contributed by atoms with Crippen molar-refractivity contribution in [1.29, 1.82) is 0 Å². The monoisotopic (exact) mass is 229 g/mol. The lowest BCUT2D eigenvalue weighted by molar-refractivity contribution is -0.00452. The molecule has 1 N–H and O–H groups in total. The van der Waals surface area contributed by atoms with E-state index in [1.807, 2.05) is 0 Å². The van der Waals surface area contributed by atoms with Gasteiger partial charge in [0.15, 0.2) is 0 Å².